The predicted molar refractivity (Wildman–Crippen MR) is 150 cm³/mol. The lowest BCUT2D eigenvalue weighted by Gasteiger charge is -2.50. The van der Waals surface area contributed by atoms with Crippen molar-refractivity contribution in [3.8, 4) is 5.75 Å². The van der Waals surface area contributed by atoms with Crippen LogP contribution in [-0.4, -0.2) is 66.0 Å². The van der Waals surface area contributed by atoms with Gasteiger partial charge < -0.3 is 15.2 Å². The van der Waals surface area contributed by atoms with E-state index in [1.54, 1.807) is 12.1 Å². The molecule has 2 aromatic rings. The van der Waals surface area contributed by atoms with E-state index in [0.29, 0.717) is 11.1 Å². The Morgan fingerprint density at radius 3 is 2.33 bits per heavy atom. The number of allylic oxidation sites excluding steroid dienone is 2. The molecule has 4 amide bonds. The fraction of sp³-hybridized carbons (Fsp3) is 0.333. The summed E-state index contributed by atoms with van der Waals surface area (Å²) >= 11 is 17.5. The normalized spacial score (nSPS) is 33.1. The molecule has 3 fully saturated rings. The lowest BCUT2D eigenvalue weighted by atomic mass is 9.56. The van der Waals surface area contributed by atoms with Crippen molar-refractivity contribution in [2.45, 2.75) is 28.5 Å². The monoisotopic (exact) mass is 646 g/mol. The van der Waals surface area contributed by atoms with Gasteiger partial charge in [0.05, 0.1) is 23.0 Å². The molecule has 0 bridgehead atoms. The van der Waals surface area contributed by atoms with Gasteiger partial charge in [-0.15, -0.1) is 23.2 Å². The number of aromatic hydroxyl groups is 1. The quantitative estimate of drug-likeness (QED) is 0.152. The van der Waals surface area contributed by atoms with E-state index in [-0.39, 0.29) is 35.2 Å². The van der Waals surface area contributed by atoms with Gasteiger partial charge in [0.1, 0.15) is 5.75 Å². The number of halogens is 3. The fourth-order valence-corrected chi connectivity index (χ4v) is 8.30. The van der Waals surface area contributed by atoms with Gasteiger partial charge in [0.25, 0.3) is 11.8 Å². The molecule has 40 heavy (non-hydrogen) atoms. The zero-order chi connectivity index (χ0) is 28.7. The number of anilines is 1. The van der Waals surface area contributed by atoms with Gasteiger partial charge >= 0.3 is 7.12 Å². The van der Waals surface area contributed by atoms with Gasteiger partial charge in [0, 0.05) is 5.92 Å². The first-order valence-electron chi connectivity index (χ1n) is 12.6. The Balaban J connectivity index is 1.49. The van der Waals surface area contributed by atoms with E-state index in [9.17, 15) is 34.3 Å². The van der Waals surface area contributed by atoms with Crippen LogP contribution in [-0.2, 0) is 19.2 Å². The maximum Gasteiger partial charge on any atom is 0.488 e. The van der Waals surface area contributed by atoms with Crippen LogP contribution in [0.1, 0.15) is 24.3 Å². The number of nitrogens with zero attached hydrogens (tertiary/aromatic N) is 2. The maximum atomic E-state index is 14.0. The molecule has 0 spiro atoms. The lowest BCUT2D eigenvalue weighted by Crippen LogP contribution is -2.60. The van der Waals surface area contributed by atoms with Crippen LogP contribution < -0.4 is 10.4 Å². The standard InChI is InChI=1S/C27H22BBrCl2N2O7/c29-12-32-24(37)26(30)11-19-17(21(27(26,31)25(32)38)13-4-6-16(34)7-5-13)8-9-18-20(19)23(36)33(22(18)35)15-3-1-2-14(10-15)28(39)40/h1-8,10,18-21,34,39-40H,9,11-12H2. The van der Waals surface area contributed by atoms with Crippen LogP contribution >= 0.6 is 39.1 Å². The summed E-state index contributed by atoms with van der Waals surface area (Å²) in [5.41, 5.74) is 1.37. The minimum Gasteiger partial charge on any atom is -0.508 e. The average molecular weight is 648 g/mol. The van der Waals surface area contributed by atoms with Gasteiger partial charge in [0.2, 0.25) is 11.8 Å². The molecule has 3 N–H and O–H groups in total. The molecular weight excluding hydrogens is 626 g/mol. The van der Waals surface area contributed by atoms with Gasteiger partial charge in [0.15, 0.2) is 9.75 Å². The van der Waals surface area contributed by atoms with Gasteiger partial charge in [-0.2, -0.15) is 0 Å². The summed E-state index contributed by atoms with van der Waals surface area (Å²) in [4.78, 5) is 53.1. The third kappa shape index (κ3) is 3.54. The van der Waals surface area contributed by atoms with Crippen molar-refractivity contribution in [3.63, 3.8) is 0 Å². The van der Waals surface area contributed by atoms with E-state index in [0.717, 1.165) is 9.80 Å². The zero-order valence-electron chi connectivity index (χ0n) is 20.7. The molecule has 2 aliphatic heterocycles. The van der Waals surface area contributed by atoms with Crippen LogP contribution in [0.4, 0.5) is 5.69 Å². The molecule has 9 nitrogen and oxygen atoms in total. The number of carbonyl (C=O) groups is 4. The molecule has 2 heterocycles. The number of hydrogen-bond donors (Lipinski definition) is 3. The minimum atomic E-state index is -1.91. The topological polar surface area (TPSA) is 135 Å². The van der Waals surface area contributed by atoms with Crippen LogP contribution in [0.25, 0.3) is 0 Å². The number of benzene rings is 2. The number of carbonyl (C=O) groups excluding carboxylic acids is 4. The Kier molecular flexibility index (Phi) is 6.47. The van der Waals surface area contributed by atoms with Crippen molar-refractivity contribution in [3.05, 3.63) is 65.7 Å². The highest BCUT2D eigenvalue weighted by Crippen LogP contribution is 2.65. The Labute approximate surface area is 247 Å². The van der Waals surface area contributed by atoms with Gasteiger partial charge in [-0.3, -0.25) is 29.0 Å². The van der Waals surface area contributed by atoms with E-state index in [4.69, 9.17) is 23.2 Å². The number of amides is 4. The summed E-state index contributed by atoms with van der Waals surface area (Å²) in [6, 6.07) is 12.0. The van der Waals surface area contributed by atoms with Crippen LogP contribution in [0.5, 0.6) is 5.75 Å². The number of imide groups is 2. The molecule has 4 aliphatic rings. The van der Waals surface area contributed by atoms with E-state index in [1.165, 1.54) is 36.4 Å². The number of alkyl halides is 3. The Hall–Kier alpha value is -2.70. The molecule has 6 rings (SSSR count). The highest BCUT2D eigenvalue weighted by Gasteiger charge is 2.76. The molecule has 13 heteroatoms. The average Bonchev–Trinajstić information content (AvgIpc) is 3.27. The third-order valence-corrected chi connectivity index (χ3v) is 10.6. The molecular formula is C27H22BBrCl2N2O7. The predicted octanol–water partition coefficient (Wildman–Crippen LogP) is 1.99. The number of phenols is 1. The number of likely N-dealkylation sites (tertiary alicyclic amines) is 1. The molecule has 0 radical (unpaired) electrons. The van der Waals surface area contributed by atoms with Crippen molar-refractivity contribution in [1.29, 1.82) is 0 Å². The van der Waals surface area contributed by atoms with Crippen LogP contribution in [0.3, 0.4) is 0 Å². The van der Waals surface area contributed by atoms with E-state index in [1.807, 2.05) is 6.08 Å². The molecule has 206 valence electrons. The zero-order valence-corrected chi connectivity index (χ0v) is 23.8. The number of hydrogen-bond acceptors (Lipinski definition) is 7. The second kappa shape index (κ2) is 9.42. The Morgan fingerprint density at radius 2 is 1.68 bits per heavy atom. The van der Waals surface area contributed by atoms with Crippen LogP contribution in [0, 0.1) is 17.8 Å². The minimum absolute atomic E-state index is 0.00657. The Bertz CT molecular complexity index is 1500. The smallest absolute Gasteiger partial charge is 0.488 e. The molecule has 0 aromatic heterocycles. The fourth-order valence-electron chi connectivity index (χ4n) is 6.87. The summed E-state index contributed by atoms with van der Waals surface area (Å²) in [7, 11) is -1.79. The van der Waals surface area contributed by atoms with Crippen molar-refractivity contribution >= 4 is 81.0 Å². The number of phenolic OH excluding ortho intramolecular Hbond substituents is 1. The summed E-state index contributed by atoms with van der Waals surface area (Å²) < 4.78 is 0. The molecule has 2 aliphatic carbocycles. The molecule has 6 unspecified atom stereocenters. The van der Waals surface area contributed by atoms with Crippen molar-refractivity contribution in [1.82, 2.24) is 4.90 Å². The summed E-state index contributed by atoms with van der Waals surface area (Å²) in [6.45, 7) is 0. The summed E-state index contributed by atoms with van der Waals surface area (Å²) in [5.74, 6) is -5.55. The van der Waals surface area contributed by atoms with Crippen molar-refractivity contribution in [2.75, 3.05) is 10.4 Å². The lowest BCUT2D eigenvalue weighted by molar-refractivity contribution is -0.138. The summed E-state index contributed by atoms with van der Waals surface area (Å²) in [6.07, 6.45) is 1.87. The van der Waals surface area contributed by atoms with Crippen molar-refractivity contribution < 1.29 is 34.3 Å². The van der Waals surface area contributed by atoms with Crippen LogP contribution in [0.2, 0.25) is 0 Å². The largest absolute Gasteiger partial charge is 0.508 e. The first-order valence-corrected chi connectivity index (χ1v) is 14.5. The number of rotatable bonds is 4. The maximum absolute atomic E-state index is 14.0. The highest BCUT2D eigenvalue weighted by atomic mass is 79.9. The first kappa shape index (κ1) is 27.5. The number of fused-ring (bicyclic) bond motifs is 4. The van der Waals surface area contributed by atoms with E-state index in [2.05, 4.69) is 15.9 Å². The second-order valence-electron chi connectivity index (χ2n) is 10.6. The Morgan fingerprint density at radius 1 is 0.975 bits per heavy atom. The molecule has 2 saturated heterocycles. The molecule has 2 aromatic carbocycles. The molecule has 1 saturated carbocycles. The molecule has 6 atom stereocenters. The summed E-state index contributed by atoms with van der Waals surface area (Å²) in [5, 5.41) is 29.1. The third-order valence-electron chi connectivity index (χ3n) is 8.67. The second-order valence-corrected chi connectivity index (χ2v) is 12.3. The van der Waals surface area contributed by atoms with E-state index < -0.39 is 64.2 Å². The van der Waals surface area contributed by atoms with Gasteiger partial charge in [-0.25, -0.2) is 0 Å². The highest BCUT2D eigenvalue weighted by molar-refractivity contribution is 9.09. The van der Waals surface area contributed by atoms with Gasteiger partial charge in [-0.1, -0.05) is 51.8 Å². The van der Waals surface area contributed by atoms with Crippen LogP contribution in [0.15, 0.2) is 60.2 Å². The van der Waals surface area contributed by atoms with Crippen molar-refractivity contribution in [2.24, 2.45) is 17.8 Å². The first-order chi connectivity index (χ1) is 19.0. The van der Waals surface area contributed by atoms with Gasteiger partial charge in [-0.05, 0) is 54.1 Å². The van der Waals surface area contributed by atoms with E-state index >= 15 is 0 Å². The SMILES string of the molecule is O=C1C2CC=C3C(CC4(Cl)C(=O)N(CBr)C(=O)C4(Cl)C3c3ccc(O)cc3)C2C(=O)N1c1cccc(B(O)O)c1.